The Bertz CT molecular complexity index is 809. The average Bonchev–Trinajstić information content (AvgIpc) is 2.99. The second-order valence-electron chi connectivity index (χ2n) is 6.51. The Hall–Kier alpha value is -2.80. The highest BCUT2D eigenvalue weighted by Crippen LogP contribution is 2.21. The van der Waals surface area contributed by atoms with Crippen LogP contribution < -0.4 is 9.47 Å². The van der Waals surface area contributed by atoms with Gasteiger partial charge in [-0.05, 0) is 51.1 Å². The maximum atomic E-state index is 12.5. The summed E-state index contributed by atoms with van der Waals surface area (Å²) in [5.74, 6) is 0.352. The van der Waals surface area contributed by atoms with Crippen molar-refractivity contribution >= 4 is 11.8 Å². The summed E-state index contributed by atoms with van der Waals surface area (Å²) < 4.78 is 22.7. The van der Waals surface area contributed by atoms with Gasteiger partial charge < -0.3 is 23.5 Å². The van der Waals surface area contributed by atoms with E-state index in [2.05, 4.69) is 0 Å². The number of methoxy groups -OCH3 is 2. The van der Waals surface area contributed by atoms with Gasteiger partial charge in [0.25, 0.3) is 0 Å². The van der Waals surface area contributed by atoms with Gasteiger partial charge in [-0.1, -0.05) is 0 Å². The summed E-state index contributed by atoms with van der Waals surface area (Å²) in [7, 11) is 3.21. The van der Waals surface area contributed by atoms with E-state index in [0.29, 0.717) is 23.7 Å². The van der Waals surface area contributed by atoms with Crippen LogP contribution in [0.15, 0.2) is 30.3 Å². The molecule has 1 aromatic heterocycles. The van der Waals surface area contributed by atoms with Crippen molar-refractivity contribution in [3.63, 3.8) is 0 Å². The molecule has 0 spiro atoms. The van der Waals surface area contributed by atoms with Gasteiger partial charge >= 0.3 is 5.97 Å². The number of hydrogen-bond donors (Lipinski definition) is 0. The lowest BCUT2D eigenvalue weighted by Crippen LogP contribution is -2.20. The third-order valence-corrected chi connectivity index (χ3v) is 4.41. The number of ether oxygens (including phenoxy) is 4. The Morgan fingerprint density at radius 1 is 1.04 bits per heavy atom. The van der Waals surface area contributed by atoms with E-state index >= 15 is 0 Å². The predicted molar refractivity (Wildman–Crippen MR) is 104 cm³/mol. The van der Waals surface area contributed by atoms with Crippen LogP contribution in [0.4, 0.5) is 0 Å². The minimum absolute atomic E-state index is 0.104. The van der Waals surface area contributed by atoms with Gasteiger partial charge in [0.2, 0.25) is 5.78 Å². The van der Waals surface area contributed by atoms with Crippen LogP contribution in [-0.2, 0) is 14.3 Å². The number of esters is 1. The Balaban J connectivity index is 1.89. The predicted octanol–water partition coefficient (Wildman–Crippen LogP) is 3.13. The maximum absolute atomic E-state index is 12.5. The minimum atomic E-state index is -0.606. The Morgan fingerprint density at radius 3 is 2.29 bits per heavy atom. The van der Waals surface area contributed by atoms with Crippen molar-refractivity contribution in [2.75, 3.05) is 34.0 Å². The molecule has 0 N–H and O–H groups in total. The Morgan fingerprint density at radius 2 is 1.68 bits per heavy atom. The number of rotatable bonds is 10. The lowest BCUT2D eigenvalue weighted by molar-refractivity contribution is -0.144. The van der Waals surface area contributed by atoms with Gasteiger partial charge in [0, 0.05) is 24.1 Å². The van der Waals surface area contributed by atoms with Crippen LogP contribution in [0.3, 0.4) is 0 Å². The summed E-state index contributed by atoms with van der Waals surface area (Å²) in [5, 5.41) is 0. The molecule has 7 nitrogen and oxygen atoms in total. The zero-order valence-corrected chi connectivity index (χ0v) is 17.0. The number of aromatic nitrogens is 1. The molecule has 0 aliphatic heterocycles. The van der Waals surface area contributed by atoms with Crippen molar-refractivity contribution in [2.24, 2.45) is 0 Å². The summed E-state index contributed by atoms with van der Waals surface area (Å²) >= 11 is 0. The molecular formula is C21H27NO6. The van der Waals surface area contributed by atoms with Gasteiger partial charge in [-0.2, -0.15) is 0 Å². The van der Waals surface area contributed by atoms with Crippen LogP contribution >= 0.6 is 0 Å². The minimum Gasteiger partial charge on any atom is -0.497 e. The van der Waals surface area contributed by atoms with Crippen LogP contribution in [0.5, 0.6) is 11.5 Å². The first-order valence-corrected chi connectivity index (χ1v) is 9.00. The molecule has 1 heterocycles. The number of aryl methyl sites for hydroxylation is 1. The van der Waals surface area contributed by atoms with E-state index in [-0.39, 0.29) is 25.0 Å². The average molecular weight is 389 g/mol. The van der Waals surface area contributed by atoms with Gasteiger partial charge in [-0.25, -0.2) is 4.79 Å². The van der Waals surface area contributed by atoms with Crippen molar-refractivity contribution in [1.82, 2.24) is 4.57 Å². The lowest BCUT2D eigenvalue weighted by atomic mass is 10.1. The fourth-order valence-electron chi connectivity index (χ4n) is 3.13. The number of carbonyl (C=O) groups excluding carboxylic acids is 2. The molecule has 0 fully saturated rings. The first kappa shape index (κ1) is 21.5. The fraction of sp³-hybridized carbons (Fsp3) is 0.429. The Labute approximate surface area is 165 Å². The summed E-state index contributed by atoms with van der Waals surface area (Å²) in [5.41, 5.74) is 2.33. The maximum Gasteiger partial charge on any atom is 0.344 e. The molecule has 152 valence electrons. The normalized spacial score (nSPS) is 11.8. The largest absolute Gasteiger partial charge is 0.497 e. The third-order valence-electron chi connectivity index (χ3n) is 4.41. The number of carbonyl (C=O) groups is 2. The number of hydrogen-bond acceptors (Lipinski definition) is 6. The first-order chi connectivity index (χ1) is 13.4. The van der Waals surface area contributed by atoms with E-state index < -0.39 is 5.97 Å². The number of benzene rings is 1. The molecule has 1 atom stereocenters. The summed E-state index contributed by atoms with van der Waals surface area (Å²) in [6, 6.07) is 8.74. The van der Waals surface area contributed by atoms with E-state index in [1.54, 1.807) is 38.5 Å². The van der Waals surface area contributed by atoms with E-state index in [4.69, 9.17) is 18.9 Å². The molecule has 2 aromatic rings. The van der Waals surface area contributed by atoms with Gasteiger partial charge in [-0.3, -0.25) is 4.79 Å². The molecule has 1 unspecified atom stereocenters. The molecule has 0 saturated carbocycles. The highest BCUT2D eigenvalue weighted by Gasteiger charge is 2.20. The fourth-order valence-corrected chi connectivity index (χ4v) is 3.13. The zero-order chi connectivity index (χ0) is 20.7. The molecule has 1 aromatic carbocycles. The van der Waals surface area contributed by atoms with Gasteiger partial charge in [-0.15, -0.1) is 0 Å². The molecule has 0 radical (unpaired) electrons. The monoisotopic (exact) mass is 389 g/mol. The third kappa shape index (κ3) is 5.36. The van der Waals surface area contributed by atoms with E-state index in [1.807, 2.05) is 31.4 Å². The summed E-state index contributed by atoms with van der Waals surface area (Å²) in [6.07, 6.45) is 0. The number of nitrogens with zero attached hydrogens (tertiary/aromatic N) is 1. The lowest BCUT2D eigenvalue weighted by Gasteiger charge is -2.17. The summed E-state index contributed by atoms with van der Waals surface area (Å²) in [4.78, 5) is 24.4. The quantitative estimate of drug-likeness (QED) is 0.459. The van der Waals surface area contributed by atoms with Crippen molar-refractivity contribution in [2.45, 2.75) is 26.8 Å². The number of Topliss-reactive ketones (excluding diaryl/α,β-unsaturated/α-hetero) is 1. The van der Waals surface area contributed by atoms with Gasteiger partial charge in [0.05, 0.1) is 19.8 Å². The number of ketones is 1. The second kappa shape index (κ2) is 9.94. The van der Waals surface area contributed by atoms with Crippen molar-refractivity contribution in [3.05, 3.63) is 47.3 Å². The van der Waals surface area contributed by atoms with E-state index in [0.717, 1.165) is 11.4 Å². The summed E-state index contributed by atoms with van der Waals surface area (Å²) in [6.45, 7) is 5.78. The second-order valence-corrected chi connectivity index (χ2v) is 6.51. The van der Waals surface area contributed by atoms with Crippen molar-refractivity contribution in [3.8, 4) is 11.5 Å². The SMILES string of the molecule is COCC(C)n1c(C)cc(C(=O)COC(=O)COc2ccc(OC)cc2)c1C. The van der Waals surface area contributed by atoms with Crippen LogP contribution in [0, 0.1) is 13.8 Å². The molecule has 0 saturated heterocycles. The molecular weight excluding hydrogens is 362 g/mol. The molecule has 0 bridgehead atoms. The van der Waals surface area contributed by atoms with Gasteiger partial charge in [0.1, 0.15) is 11.5 Å². The first-order valence-electron chi connectivity index (χ1n) is 9.00. The van der Waals surface area contributed by atoms with Crippen LogP contribution in [0.25, 0.3) is 0 Å². The van der Waals surface area contributed by atoms with E-state index in [9.17, 15) is 9.59 Å². The Kier molecular flexibility index (Phi) is 7.63. The smallest absolute Gasteiger partial charge is 0.344 e. The molecule has 7 heteroatoms. The molecule has 2 rings (SSSR count). The van der Waals surface area contributed by atoms with Crippen LogP contribution in [0.2, 0.25) is 0 Å². The van der Waals surface area contributed by atoms with Crippen molar-refractivity contribution in [1.29, 1.82) is 0 Å². The standard InChI is InChI=1S/C21H27NO6/c1-14-10-19(16(3)22(14)15(2)11-25-4)20(23)12-28-21(24)13-27-18-8-6-17(26-5)7-9-18/h6-10,15H,11-13H2,1-5H3. The molecule has 0 aliphatic rings. The molecule has 28 heavy (non-hydrogen) atoms. The van der Waals surface area contributed by atoms with E-state index in [1.165, 1.54) is 0 Å². The highest BCUT2D eigenvalue weighted by molar-refractivity contribution is 5.99. The van der Waals surface area contributed by atoms with Crippen LogP contribution in [0.1, 0.15) is 34.7 Å². The van der Waals surface area contributed by atoms with Gasteiger partial charge in [0.15, 0.2) is 13.2 Å². The van der Waals surface area contributed by atoms with Crippen LogP contribution in [-0.4, -0.2) is 50.4 Å². The zero-order valence-electron chi connectivity index (χ0n) is 17.0. The molecule has 0 aliphatic carbocycles. The van der Waals surface area contributed by atoms with Crippen molar-refractivity contribution < 1.29 is 28.5 Å². The topological polar surface area (TPSA) is 76.0 Å². The highest BCUT2D eigenvalue weighted by atomic mass is 16.6. The molecule has 0 amide bonds.